The van der Waals surface area contributed by atoms with Gasteiger partial charge in [-0.1, -0.05) is 24.3 Å². The van der Waals surface area contributed by atoms with Gasteiger partial charge in [-0.3, -0.25) is 9.59 Å². The molecule has 3 N–H and O–H groups in total. The van der Waals surface area contributed by atoms with Crippen molar-refractivity contribution in [2.24, 2.45) is 0 Å². The summed E-state index contributed by atoms with van der Waals surface area (Å²) in [6.45, 7) is 2.03. The Morgan fingerprint density at radius 3 is 2.03 bits per heavy atom. The second kappa shape index (κ2) is 12.1. The van der Waals surface area contributed by atoms with Gasteiger partial charge in [-0.15, -0.1) is 11.8 Å². The maximum Gasteiger partial charge on any atom is 0.338 e. The molecule has 0 radical (unpaired) electrons. The first-order valence-corrected chi connectivity index (χ1v) is 12.7. The summed E-state index contributed by atoms with van der Waals surface area (Å²) in [6, 6.07) is 23.4. The first-order chi connectivity index (χ1) is 18.4. The number of hydrogen-bond donors (Lipinski definition) is 3. The molecular formula is C29H24N2O6S. The molecule has 0 aliphatic carbocycles. The monoisotopic (exact) mass is 528 g/mol. The number of ether oxygens (including phenoxy) is 1. The third-order valence-corrected chi connectivity index (χ3v) is 6.55. The molecule has 4 rings (SSSR count). The second-order valence-electron chi connectivity index (χ2n) is 8.13. The van der Waals surface area contributed by atoms with Crippen LogP contribution in [0.25, 0.3) is 10.8 Å². The largest absolute Gasteiger partial charge is 0.478 e. The van der Waals surface area contributed by atoms with Crippen molar-refractivity contribution in [3.05, 3.63) is 102 Å². The molecule has 4 aromatic rings. The van der Waals surface area contributed by atoms with Gasteiger partial charge in [-0.05, 0) is 73.0 Å². The topological polar surface area (TPSA) is 122 Å². The smallest absolute Gasteiger partial charge is 0.338 e. The van der Waals surface area contributed by atoms with Gasteiger partial charge < -0.3 is 20.5 Å². The first kappa shape index (κ1) is 26.4. The highest BCUT2D eigenvalue weighted by molar-refractivity contribution is 8.00. The number of carbonyl (C=O) groups is 4. The molecule has 38 heavy (non-hydrogen) atoms. The summed E-state index contributed by atoms with van der Waals surface area (Å²) in [6.07, 6.45) is 0. The van der Waals surface area contributed by atoms with E-state index in [2.05, 4.69) is 10.6 Å². The van der Waals surface area contributed by atoms with E-state index in [0.717, 1.165) is 4.90 Å². The fourth-order valence-electron chi connectivity index (χ4n) is 3.79. The summed E-state index contributed by atoms with van der Waals surface area (Å²) >= 11 is 1.33. The summed E-state index contributed by atoms with van der Waals surface area (Å²) in [7, 11) is 0. The van der Waals surface area contributed by atoms with Crippen LogP contribution in [0.4, 0.5) is 11.4 Å². The summed E-state index contributed by atoms with van der Waals surface area (Å²) in [4.78, 5) is 49.5. The van der Waals surface area contributed by atoms with E-state index in [1.165, 1.54) is 17.8 Å². The number of carboxylic acid groups (broad SMARTS) is 1. The Morgan fingerprint density at radius 2 is 1.39 bits per heavy atom. The van der Waals surface area contributed by atoms with Gasteiger partial charge in [0.2, 0.25) is 5.91 Å². The molecule has 0 heterocycles. The molecule has 0 fully saturated rings. The van der Waals surface area contributed by atoms with Crippen LogP contribution in [0.3, 0.4) is 0 Å². The zero-order valence-corrected chi connectivity index (χ0v) is 21.2. The molecule has 0 aliphatic rings. The van der Waals surface area contributed by atoms with Crippen LogP contribution in [0.1, 0.15) is 38.0 Å². The summed E-state index contributed by atoms with van der Waals surface area (Å²) in [5.74, 6) is -1.98. The number of nitrogens with one attached hydrogen (secondary N) is 2. The molecular weight excluding hydrogens is 504 g/mol. The van der Waals surface area contributed by atoms with E-state index in [1.54, 1.807) is 85.8 Å². The van der Waals surface area contributed by atoms with Crippen molar-refractivity contribution in [2.45, 2.75) is 11.8 Å². The Morgan fingerprint density at radius 1 is 0.789 bits per heavy atom. The summed E-state index contributed by atoms with van der Waals surface area (Å²) < 4.78 is 4.94. The van der Waals surface area contributed by atoms with Gasteiger partial charge in [0.25, 0.3) is 5.91 Å². The number of benzene rings is 4. The SMILES string of the molecule is CCOC(=O)c1ccc(NC(=O)CSc2ccc(NC(=O)c3cccc4cccc(C(=O)O)c34)cc2)cc1. The standard InChI is InChI=1S/C29H24N2O6S/c1-2-37-29(36)19-9-11-20(12-10-19)30-25(32)17-38-22-15-13-21(14-16-22)31-27(33)23-7-3-5-18-6-4-8-24(26(18)23)28(34)35/h3-16H,2,17H2,1H3,(H,30,32)(H,31,33)(H,34,35). The van der Waals surface area contributed by atoms with Crippen molar-refractivity contribution in [3.63, 3.8) is 0 Å². The van der Waals surface area contributed by atoms with Gasteiger partial charge >= 0.3 is 11.9 Å². The molecule has 192 valence electrons. The number of thioether (sulfide) groups is 1. The average molecular weight is 529 g/mol. The minimum atomic E-state index is -1.10. The number of anilines is 2. The van der Waals surface area contributed by atoms with E-state index in [4.69, 9.17) is 4.74 Å². The van der Waals surface area contributed by atoms with Crippen molar-refractivity contribution < 1.29 is 29.0 Å². The molecule has 0 aliphatic heterocycles. The van der Waals surface area contributed by atoms with Crippen LogP contribution in [0.2, 0.25) is 0 Å². The highest BCUT2D eigenvalue weighted by Crippen LogP contribution is 2.25. The number of fused-ring (bicyclic) bond motifs is 1. The normalized spacial score (nSPS) is 10.6. The highest BCUT2D eigenvalue weighted by atomic mass is 32.2. The second-order valence-corrected chi connectivity index (χ2v) is 9.18. The molecule has 0 atom stereocenters. The minimum Gasteiger partial charge on any atom is -0.478 e. The first-order valence-electron chi connectivity index (χ1n) is 11.7. The number of hydrogen-bond acceptors (Lipinski definition) is 6. The predicted molar refractivity (Wildman–Crippen MR) is 147 cm³/mol. The van der Waals surface area contributed by atoms with Crippen molar-refractivity contribution in [1.82, 2.24) is 0 Å². The lowest BCUT2D eigenvalue weighted by molar-refractivity contribution is -0.113. The molecule has 0 saturated carbocycles. The third-order valence-electron chi connectivity index (χ3n) is 5.54. The van der Waals surface area contributed by atoms with Gasteiger partial charge in [0, 0.05) is 27.2 Å². The maximum absolute atomic E-state index is 13.0. The van der Waals surface area contributed by atoms with E-state index in [-0.39, 0.29) is 22.8 Å². The van der Waals surface area contributed by atoms with Crippen LogP contribution in [0.5, 0.6) is 0 Å². The van der Waals surface area contributed by atoms with Crippen LogP contribution >= 0.6 is 11.8 Å². The zero-order valence-electron chi connectivity index (χ0n) is 20.4. The van der Waals surface area contributed by atoms with E-state index < -0.39 is 17.8 Å². The van der Waals surface area contributed by atoms with E-state index >= 15 is 0 Å². The van der Waals surface area contributed by atoms with Crippen LogP contribution < -0.4 is 10.6 Å². The third kappa shape index (κ3) is 6.37. The van der Waals surface area contributed by atoms with Gasteiger partial charge in [-0.25, -0.2) is 9.59 Å². The average Bonchev–Trinajstić information content (AvgIpc) is 2.92. The van der Waals surface area contributed by atoms with Crippen LogP contribution in [0, 0.1) is 0 Å². The Kier molecular flexibility index (Phi) is 8.40. The quantitative estimate of drug-likeness (QED) is 0.188. The van der Waals surface area contributed by atoms with Crippen molar-refractivity contribution >= 4 is 57.7 Å². The van der Waals surface area contributed by atoms with Gasteiger partial charge in [0.05, 0.1) is 23.5 Å². The lowest BCUT2D eigenvalue weighted by Crippen LogP contribution is -2.14. The predicted octanol–water partition coefficient (Wildman–Crippen LogP) is 5.70. The summed E-state index contributed by atoms with van der Waals surface area (Å²) in [5.41, 5.74) is 1.85. The fraction of sp³-hybridized carbons (Fsp3) is 0.103. The highest BCUT2D eigenvalue weighted by Gasteiger charge is 2.17. The molecule has 2 amide bonds. The lowest BCUT2D eigenvalue weighted by atomic mass is 9.98. The number of rotatable bonds is 9. The maximum atomic E-state index is 13.0. The molecule has 0 saturated heterocycles. The number of carbonyl (C=O) groups excluding carboxylic acids is 3. The zero-order chi connectivity index (χ0) is 27.1. The lowest BCUT2D eigenvalue weighted by Gasteiger charge is -2.11. The van der Waals surface area contributed by atoms with Crippen molar-refractivity contribution in [2.75, 3.05) is 23.0 Å². The van der Waals surface area contributed by atoms with Crippen LogP contribution in [-0.2, 0) is 9.53 Å². The number of amides is 2. The van der Waals surface area contributed by atoms with E-state index in [1.807, 2.05) is 0 Å². The van der Waals surface area contributed by atoms with Crippen molar-refractivity contribution in [1.29, 1.82) is 0 Å². The van der Waals surface area contributed by atoms with Crippen molar-refractivity contribution in [3.8, 4) is 0 Å². The Labute approximate surface area is 223 Å². The Hall–Kier alpha value is -4.63. The number of carboxylic acids is 1. The molecule has 0 spiro atoms. The van der Waals surface area contributed by atoms with Crippen LogP contribution in [-0.4, -0.2) is 41.2 Å². The Bertz CT molecular complexity index is 1500. The summed E-state index contributed by atoms with van der Waals surface area (Å²) in [5, 5.41) is 16.2. The fourth-order valence-corrected chi connectivity index (χ4v) is 4.49. The van der Waals surface area contributed by atoms with Crippen LogP contribution in [0.15, 0.2) is 89.8 Å². The number of aromatic carboxylic acids is 1. The molecule has 0 bridgehead atoms. The molecule has 4 aromatic carbocycles. The van der Waals surface area contributed by atoms with Gasteiger partial charge in [-0.2, -0.15) is 0 Å². The molecule has 8 nitrogen and oxygen atoms in total. The molecule has 9 heteroatoms. The van der Waals surface area contributed by atoms with E-state index in [0.29, 0.717) is 34.3 Å². The Balaban J connectivity index is 1.34. The van der Waals surface area contributed by atoms with Gasteiger partial charge in [0.1, 0.15) is 0 Å². The molecule has 0 unspecified atom stereocenters. The van der Waals surface area contributed by atoms with E-state index in [9.17, 15) is 24.3 Å². The van der Waals surface area contributed by atoms with Gasteiger partial charge in [0.15, 0.2) is 0 Å². The number of esters is 1. The minimum absolute atomic E-state index is 0.0632. The molecule has 0 aromatic heterocycles.